The summed E-state index contributed by atoms with van der Waals surface area (Å²) in [6.07, 6.45) is 78.1. The Morgan fingerprint density at radius 1 is 0.362 bits per heavy atom. The zero-order chi connectivity index (χ0) is 58.3. The second-order valence-corrected chi connectivity index (χ2v) is 21.2. The number of aliphatic hydroxyl groups is 1. The van der Waals surface area contributed by atoms with Gasteiger partial charge in [-0.3, -0.25) is 23.4 Å². The maximum atomic E-state index is 12.9. The van der Waals surface area contributed by atoms with E-state index in [4.69, 9.17) is 23.3 Å². The monoisotopic (exact) mass is 1130 g/mol. The van der Waals surface area contributed by atoms with E-state index in [2.05, 4.69) is 154 Å². The average Bonchev–Trinajstić information content (AvgIpc) is 3.45. The molecule has 3 unspecified atom stereocenters. The lowest BCUT2D eigenvalue weighted by molar-refractivity contribution is -0.161. The fourth-order valence-corrected chi connectivity index (χ4v) is 8.42. The fraction of sp³-hybridized carbons (Fsp3) is 0.603. The number of ether oxygens (including phenoxy) is 3. The fourth-order valence-electron chi connectivity index (χ4n) is 7.64. The molecular formula is C68H109O11P. The maximum absolute atomic E-state index is 12.9. The first-order valence-corrected chi connectivity index (χ1v) is 32.2. The van der Waals surface area contributed by atoms with E-state index in [9.17, 15) is 28.9 Å². The molecule has 0 aliphatic carbocycles. The molecule has 0 aromatic rings. The molecule has 0 radical (unpaired) electrons. The average molecular weight is 1130 g/mol. The Morgan fingerprint density at radius 3 is 1.07 bits per heavy atom. The van der Waals surface area contributed by atoms with Gasteiger partial charge in [0.25, 0.3) is 0 Å². The summed E-state index contributed by atoms with van der Waals surface area (Å²) in [7, 11) is -4.79. The minimum Gasteiger partial charge on any atom is -0.462 e. The van der Waals surface area contributed by atoms with Gasteiger partial charge in [0.2, 0.25) is 0 Å². The molecule has 80 heavy (non-hydrogen) atoms. The number of unbranched alkanes of at least 4 members (excludes halogenated alkanes) is 14. The van der Waals surface area contributed by atoms with E-state index in [1.54, 1.807) is 0 Å². The van der Waals surface area contributed by atoms with Crippen molar-refractivity contribution in [1.29, 1.82) is 0 Å². The molecule has 0 aromatic carbocycles. The van der Waals surface area contributed by atoms with Crippen LogP contribution in [0.15, 0.2) is 146 Å². The summed E-state index contributed by atoms with van der Waals surface area (Å²) in [5.74, 6) is -1.61. The Bertz CT molecular complexity index is 1900. The highest BCUT2D eigenvalue weighted by Crippen LogP contribution is 2.43. The largest absolute Gasteiger partial charge is 0.472 e. The molecule has 3 atom stereocenters. The predicted octanol–water partition coefficient (Wildman–Crippen LogP) is 18.7. The van der Waals surface area contributed by atoms with Gasteiger partial charge in [0, 0.05) is 19.3 Å². The summed E-state index contributed by atoms with van der Waals surface area (Å²) in [6.45, 7) is 4.26. The van der Waals surface area contributed by atoms with Gasteiger partial charge in [-0.15, -0.1) is 0 Å². The van der Waals surface area contributed by atoms with E-state index in [-0.39, 0.29) is 25.9 Å². The molecule has 0 saturated heterocycles. The van der Waals surface area contributed by atoms with Crippen molar-refractivity contribution >= 4 is 25.7 Å². The van der Waals surface area contributed by atoms with E-state index in [1.807, 2.05) is 12.2 Å². The van der Waals surface area contributed by atoms with E-state index in [1.165, 1.54) is 38.5 Å². The van der Waals surface area contributed by atoms with Crippen LogP contribution in [0.3, 0.4) is 0 Å². The maximum Gasteiger partial charge on any atom is 0.472 e. The highest BCUT2D eigenvalue weighted by molar-refractivity contribution is 7.47. The molecule has 0 aliphatic rings. The molecule has 0 bridgehead atoms. The minimum atomic E-state index is -4.79. The molecule has 0 fully saturated rings. The Hall–Kier alpha value is -4.64. The quantitative estimate of drug-likeness (QED) is 0.0197. The van der Waals surface area contributed by atoms with Crippen LogP contribution in [0, 0.1) is 0 Å². The first kappa shape index (κ1) is 75.4. The van der Waals surface area contributed by atoms with Crippen LogP contribution in [-0.2, 0) is 42.2 Å². The number of esters is 3. The third-order valence-electron chi connectivity index (χ3n) is 12.2. The second kappa shape index (κ2) is 60.5. The van der Waals surface area contributed by atoms with Gasteiger partial charge in [-0.1, -0.05) is 224 Å². The summed E-state index contributed by atoms with van der Waals surface area (Å²) < 4.78 is 39.5. The normalized spacial score (nSPS) is 14.3. The number of carbonyl (C=O) groups excluding carboxylic acids is 3. The summed E-state index contributed by atoms with van der Waals surface area (Å²) >= 11 is 0. The smallest absolute Gasteiger partial charge is 0.462 e. The SMILES string of the molecule is CC/C=C\C/C=C\C/C=C\C/C=C\C/C=C\C/C=C\CCC(=O)OC(COC(=O)CCCCCCCCC/C=C\C/C=C\CCCCC)COP(=O)(O)OCC(CO)OC(=O)CCCCCC/C=C\C/C=C\C/C=C\C/C=C\CC. The van der Waals surface area contributed by atoms with Gasteiger partial charge in [0.15, 0.2) is 6.10 Å². The van der Waals surface area contributed by atoms with Crippen molar-refractivity contribution in [3.8, 4) is 0 Å². The third-order valence-corrected chi connectivity index (χ3v) is 13.2. The number of phosphoric acid groups is 1. The summed E-state index contributed by atoms with van der Waals surface area (Å²) in [4.78, 5) is 48.7. The molecule has 2 N–H and O–H groups in total. The van der Waals surface area contributed by atoms with Crippen LogP contribution in [0.4, 0.5) is 0 Å². The molecular weight excluding hydrogens is 1020 g/mol. The first-order chi connectivity index (χ1) is 39.2. The summed E-state index contributed by atoms with van der Waals surface area (Å²) in [6, 6.07) is 0. The first-order valence-electron chi connectivity index (χ1n) is 30.7. The molecule has 12 heteroatoms. The van der Waals surface area contributed by atoms with Gasteiger partial charge in [0.05, 0.1) is 19.8 Å². The van der Waals surface area contributed by atoms with Crippen LogP contribution in [0.1, 0.15) is 226 Å². The number of phosphoric ester groups is 1. The lowest BCUT2D eigenvalue weighted by Crippen LogP contribution is -2.30. The number of allylic oxidation sites excluding steroid dienone is 24. The predicted molar refractivity (Wildman–Crippen MR) is 334 cm³/mol. The van der Waals surface area contributed by atoms with Crippen molar-refractivity contribution in [3.05, 3.63) is 146 Å². The summed E-state index contributed by atoms with van der Waals surface area (Å²) in [5.41, 5.74) is 0. The van der Waals surface area contributed by atoms with Gasteiger partial charge in [-0.25, -0.2) is 4.57 Å². The van der Waals surface area contributed by atoms with Gasteiger partial charge in [-0.05, 0) is 128 Å². The van der Waals surface area contributed by atoms with Crippen molar-refractivity contribution in [1.82, 2.24) is 0 Å². The van der Waals surface area contributed by atoms with E-state index in [0.29, 0.717) is 25.7 Å². The second-order valence-electron chi connectivity index (χ2n) is 19.7. The molecule has 0 aromatic heterocycles. The Labute approximate surface area is 486 Å². The van der Waals surface area contributed by atoms with Crippen LogP contribution in [-0.4, -0.2) is 66.5 Å². The Morgan fingerprint density at radius 2 is 0.675 bits per heavy atom. The molecule has 0 heterocycles. The van der Waals surface area contributed by atoms with Crippen molar-refractivity contribution < 1.29 is 52.2 Å². The van der Waals surface area contributed by atoms with E-state index < -0.39 is 57.8 Å². The van der Waals surface area contributed by atoms with Crippen LogP contribution >= 0.6 is 7.82 Å². The van der Waals surface area contributed by atoms with Crippen molar-refractivity contribution in [2.75, 3.05) is 26.4 Å². The minimum absolute atomic E-state index is 0.0308. The zero-order valence-corrected chi connectivity index (χ0v) is 50.9. The number of carbonyl (C=O) groups is 3. The molecule has 0 amide bonds. The van der Waals surface area contributed by atoms with Crippen LogP contribution in [0.2, 0.25) is 0 Å². The number of aliphatic hydroxyl groups excluding tert-OH is 1. The van der Waals surface area contributed by atoms with Gasteiger partial charge in [-0.2, -0.15) is 0 Å². The van der Waals surface area contributed by atoms with Crippen LogP contribution in [0.25, 0.3) is 0 Å². The lowest BCUT2D eigenvalue weighted by Gasteiger charge is -2.21. The van der Waals surface area contributed by atoms with E-state index in [0.717, 1.165) is 122 Å². The lowest BCUT2D eigenvalue weighted by atomic mass is 10.1. The highest BCUT2D eigenvalue weighted by atomic mass is 31.2. The van der Waals surface area contributed by atoms with Crippen molar-refractivity contribution in [3.63, 3.8) is 0 Å². The number of rotatable bonds is 55. The van der Waals surface area contributed by atoms with Gasteiger partial charge < -0.3 is 24.2 Å². The summed E-state index contributed by atoms with van der Waals surface area (Å²) in [5, 5.41) is 9.84. The molecule has 0 spiro atoms. The topological polar surface area (TPSA) is 155 Å². The third kappa shape index (κ3) is 58.0. The standard InChI is InChI=1S/C68H109O11P/c1-4-7-10-13-16-19-22-25-28-31-32-35-38-41-44-47-50-53-56-59-68(72)79-65(61-75-66(70)57-54-51-48-45-42-39-36-33-29-26-23-20-17-14-11-8-5-2)63-77-80(73,74)76-62-64(60-69)78-67(71)58-55-52-49-46-43-40-37-34-30-27-24-21-18-15-12-9-6-3/h7,9-10,12,16-21,25-30,32,35,37,40-41,44,50,53,64-65,69H,4-6,8,11,13-15,22-24,31,33-34,36,38-39,42-43,45-49,51-52,54-63H2,1-3H3,(H,73,74)/b10-7-,12-9-,19-16-,20-17-,21-18-,28-25-,29-26-,30-27-,35-32-,40-37-,44-41-,53-50-. The Kier molecular flexibility index (Phi) is 56.9. The van der Waals surface area contributed by atoms with E-state index >= 15 is 0 Å². The highest BCUT2D eigenvalue weighted by Gasteiger charge is 2.28. The number of hydrogen-bond donors (Lipinski definition) is 2. The zero-order valence-electron chi connectivity index (χ0n) is 50.0. The molecule has 11 nitrogen and oxygen atoms in total. The molecule has 0 rings (SSSR count). The number of hydrogen-bond acceptors (Lipinski definition) is 10. The van der Waals surface area contributed by atoms with Gasteiger partial charge in [0.1, 0.15) is 12.7 Å². The molecule has 0 aliphatic heterocycles. The van der Waals surface area contributed by atoms with Crippen LogP contribution < -0.4 is 0 Å². The molecule has 452 valence electrons. The van der Waals surface area contributed by atoms with Gasteiger partial charge >= 0.3 is 25.7 Å². The van der Waals surface area contributed by atoms with Crippen molar-refractivity contribution in [2.45, 2.75) is 238 Å². The van der Waals surface area contributed by atoms with Crippen LogP contribution in [0.5, 0.6) is 0 Å². The van der Waals surface area contributed by atoms with Crippen molar-refractivity contribution in [2.24, 2.45) is 0 Å². The molecule has 0 saturated carbocycles. The Balaban J connectivity index is 4.88.